The van der Waals surface area contributed by atoms with Crippen LogP contribution in [0.4, 0.5) is 5.69 Å². The van der Waals surface area contributed by atoms with Crippen LogP contribution >= 0.6 is 0 Å². The van der Waals surface area contributed by atoms with Crippen molar-refractivity contribution in [1.82, 2.24) is 14.8 Å². The molecule has 31 heavy (non-hydrogen) atoms. The van der Waals surface area contributed by atoms with Gasteiger partial charge in [0.15, 0.2) is 0 Å². The number of benzene rings is 1. The van der Waals surface area contributed by atoms with Gasteiger partial charge in [0.2, 0.25) is 5.91 Å². The number of carbonyl (C=O) groups excluding carboxylic acids is 2. The number of anilines is 1. The highest BCUT2D eigenvalue weighted by atomic mass is 16.2. The molecule has 4 rings (SSSR count). The second-order valence-electron chi connectivity index (χ2n) is 8.72. The molecule has 2 aliphatic rings. The van der Waals surface area contributed by atoms with Crippen molar-refractivity contribution >= 4 is 17.5 Å². The summed E-state index contributed by atoms with van der Waals surface area (Å²) < 4.78 is 0. The molecule has 2 aliphatic heterocycles. The minimum Gasteiger partial charge on any atom is -0.372 e. The summed E-state index contributed by atoms with van der Waals surface area (Å²) in [6.07, 6.45) is 8.56. The lowest BCUT2D eigenvalue weighted by atomic mass is 9.94. The summed E-state index contributed by atoms with van der Waals surface area (Å²) in [5.74, 6) is 0.158. The number of piperidine rings is 2. The fraction of sp³-hybridized carbons (Fsp3) is 0.480. The molecular formula is C25H32N4O2. The lowest BCUT2D eigenvalue weighted by Crippen LogP contribution is -2.43. The van der Waals surface area contributed by atoms with Gasteiger partial charge < -0.3 is 14.7 Å². The molecule has 6 heteroatoms. The first-order valence-corrected chi connectivity index (χ1v) is 11.4. The zero-order chi connectivity index (χ0) is 21.6. The van der Waals surface area contributed by atoms with E-state index >= 15 is 0 Å². The van der Waals surface area contributed by atoms with Crippen molar-refractivity contribution in [1.29, 1.82) is 0 Å². The maximum atomic E-state index is 13.0. The molecule has 2 aromatic rings. The first kappa shape index (κ1) is 21.3. The third-order valence-corrected chi connectivity index (χ3v) is 6.49. The molecule has 0 N–H and O–H groups in total. The van der Waals surface area contributed by atoms with Gasteiger partial charge in [-0.1, -0.05) is 12.1 Å². The molecule has 1 aromatic carbocycles. The molecule has 0 atom stereocenters. The number of carbonyl (C=O) groups is 2. The van der Waals surface area contributed by atoms with Crippen LogP contribution in [0.25, 0.3) is 0 Å². The summed E-state index contributed by atoms with van der Waals surface area (Å²) >= 11 is 0. The van der Waals surface area contributed by atoms with Gasteiger partial charge in [0.05, 0.1) is 5.56 Å². The Bertz CT molecular complexity index is 870. The summed E-state index contributed by atoms with van der Waals surface area (Å²) in [5.41, 5.74) is 3.04. The van der Waals surface area contributed by atoms with E-state index in [0.717, 1.165) is 18.7 Å². The van der Waals surface area contributed by atoms with Crippen molar-refractivity contribution in [3.63, 3.8) is 0 Å². The van der Waals surface area contributed by atoms with E-state index in [0.29, 0.717) is 38.0 Å². The normalized spacial score (nSPS) is 17.5. The van der Waals surface area contributed by atoms with Crippen LogP contribution in [0.3, 0.4) is 0 Å². The van der Waals surface area contributed by atoms with Crippen LogP contribution < -0.4 is 4.90 Å². The number of nitrogens with zero attached hydrogens (tertiary/aromatic N) is 4. The number of hydrogen-bond acceptors (Lipinski definition) is 4. The number of pyridine rings is 1. The Morgan fingerprint density at radius 1 is 1.00 bits per heavy atom. The standard InChI is InChI=1S/C25H32N4O2/c1-27(19-20-7-9-23(10-8-20)28-14-3-2-4-15-28)24(30)21-11-16-29(17-12-21)25(31)22-6-5-13-26-18-22/h5-10,13,18,21H,2-4,11-12,14-17,19H2,1H3. The Kier molecular flexibility index (Phi) is 6.85. The number of hydrogen-bond donors (Lipinski definition) is 0. The zero-order valence-corrected chi connectivity index (χ0v) is 18.4. The number of aromatic nitrogens is 1. The van der Waals surface area contributed by atoms with Crippen molar-refractivity contribution in [2.45, 2.75) is 38.6 Å². The van der Waals surface area contributed by atoms with Gasteiger partial charge in [-0.2, -0.15) is 0 Å². The van der Waals surface area contributed by atoms with E-state index < -0.39 is 0 Å². The largest absolute Gasteiger partial charge is 0.372 e. The fourth-order valence-corrected chi connectivity index (χ4v) is 4.63. The lowest BCUT2D eigenvalue weighted by molar-refractivity contribution is -0.136. The van der Waals surface area contributed by atoms with Gasteiger partial charge in [0.25, 0.3) is 5.91 Å². The molecule has 2 fully saturated rings. The first-order chi connectivity index (χ1) is 15.1. The van der Waals surface area contributed by atoms with E-state index in [9.17, 15) is 9.59 Å². The predicted octanol–water partition coefficient (Wildman–Crippen LogP) is 3.58. The van der Waals surface area contributed by atoms with Crippen molar-refractivity contribution < 1.29 is 9.59 Å². The molecule has 6 nitrogen and oxygen atoms in total. The molecule has 0 saturated carbocycles. The maximum absolute atomic E-state index is 13.0. The zero-order valence-electron chi connectivity index (χ0n) is 18.4. The Morgan fingerprint density at radius 2 is 1.71 bits per heavy atom. The van der Waals surface area contributed by atoms with Crippen LogP contribution in [-0.4, -0.2) is 59.8 Å². The van der Waals surface area contributed by atoms with Gasteiger partial charge in [-0.05, 0) is 61.9 Å². The predicted molar refractivity (Wildman–Crippen MR) is 122 cm³/mol. The molecular weight excluding hydrogens is 388 g/mol. The molecule has 0 bridgehead atoms. The number of rotatable bonds is 5. The smallest absolute Gasteiger partial charge is 0.255 e. The Labute approximate surface area is 184 Å². The van der Waals surface area contributed by atoms with Crippen molar-refractivity contribution in [3.05, 3.63) is 59.9 Å². The van der Waals surface area contributed by atoms with Gasteiger partial charge in [-0.15, -0.1) is 0 Å². The molecule has 3 heterocycles. The van der Waals surface area contributed by atoms with Crippen LogP contribution in [-0.2, 0) is 11.3 Å². The molecule has 0 radical (unpaired) electrons. The van der Waals surface area contributed by atoms with Crippen molar-refractivity contribution in [2.75, 3.05) is 38.1 Å². The van der Waals surface area contributed by atoms with Crippen LogP contribution in [0.2, 0.25) is 0 Å². The summed E-state index contributed by atoms with van der Waals surface area (Å²) in [4.78, 5) is 35.7. The Morgan fingerprint density at radius 3 is 2.35 bits per heavy atom. The van der Waals surface area contributed by atoms with E-state index in [1.54, 1.807) is 24.5 Å². The van der Waals surface area contributed by atoms with Crippen LogP contribution in [0, 0.1) is 5.92 Å². The van der Waals surface area contributed by atoms with Gasteiger partial charge in [0, 0.05) is 63.8 Å². The number of amides is 2. The second kappa shape index (κ2) is 9.94. The molecule has 2 saturated heterocycles. The Hall–Kier alpha value is -2.89. The van der Waals surface area contributed by atoms with Gasteiger partial charge in [0.1, 0.15) is 0 Å². The van der Waals surface area contributed by atoms with E-state index in [1.165, 1.54) is 24.9 Å². The van der Waals surface area contributed by atoms with Crippen LogP contribution in [0.5, 0.6) is 0 Å². The molecule has 1 aromatic heterocycles. The summed E-state index contributed by atoms with van der Waals surface area (Å²) in [6, 6.07) is 12.2. The summed E-state index contributed by atoms with van der Waals surface area (Å²) in [5, 5.41) is 0. The summed E-state index contributed by atoms with van der Waals surface area (Å²) in [6.45, 7) is 4.12. The summed E-state index contributed by atoms with van der Waals surface area (Å²) in [7, 11) is 1.88. The average molecular weight is 421 g/mol. The molecule has 0 aliphatic carbocycles. The first-order valence-electron chi connectivity index (χ1n) is 11.4. The second-order valence-corrected chi connectivity index (χ2v) is 8.72. The SMILES string of the molecule is CN(Cc1ccc(N2CCCCC2)cc1)C(=O)C1CCN(C(=O)c2cccnc2)CC1. The van der Waals surface area contributed by atoms with E-state index in [1.807, 2.05) is 16.8 Å². The Balaban J connectivity index is 1.27. The lowest BCUT2D eigenvalue weighted by Gasteiger charge is -2.33. The number of likely N-dealkylation sites (tertiary alicyclic amines) is 1. The highest BCUT2D eigenvalue weighted by Crippen LogP contribution is 2.23. The van der Waals surface area contributed by atoms with Gasteiger partial charge in [-0.25, -0.2) is 0 Å². The van der Waals surface area contributed by atoms with Crippen LogP contribution in [0.1, 0.15) is 48.0 Å². The van der Waals surface area contributed by atoms with Crippen molar-refractivity contribution in [3.8, 4) is 0 Å². The van der Waals surface area contributed by atoms with E-state index in [2.05, 4.69) is 34.1 Å². The molecule has 0 unspecified atom stereocenters. The van der Waals surface area contributed by atoms with E-state index in [4.69, 9.17) is 0 Å². The molecule has 2 amide bonds. The third kappa shape index (κ3) is 5.24. The van der Waals surface area contributed by atoms with Crippen LogP contribution in [0.15, 0.2) is 48.8 Å². The highest BCUT2D eigenvalue weighted by Gasteiger charge is 2.29. The average Bonchev–Trinajstić information content (AvgIpc) is 2.85. The fourth-order valence-electron chi connectivity index (χ4n) is 4.63. The molecule has 164 valence electrons. The maximum Gasteiger partial charge on any atom is 0.255 e. The third-order valence-electron chi connectivity index (χ3n) is 6.49. The molecule has 0 spiro atoms. The minimum atomic E-state index is -0.0180. The highest BCUT2D eigenvalue weighted by molar-refractivity contribution is 5.94. The van der Waals surface area contributed by atoms with Gasteiger partial charge >= 0.3 is 0 Å². The minimum absolute atomic E-state index is 0.00106. The van der Waals surface area contributed by atoms with E-state index in [-0.39, 0.29) is 17.7 Å². The van der Waals surface area contributed by atoms with Crippen molar-refractivity contribution in [2.24, 2.45) is 5.92 Å². The quantitative estimate of drug-likeness (QED) is 0.742. The monoisotopic (exact) mass is 420 g/mol. The van der Waals surface area contributed by atoms with Gasteiger partial charge in [-0.3, -0.25) is 14.6 Å². The topological polar surface area (TPSA) is 56.8 Å².